The molecule has 1 aliphatic rings. The maximum absolute atomic E-state index is 14.4. The van der Waals surface area contributed by atoms with E-state index in [2.05, 4.69) is 5.32 Å². The lowest BCUT2D eigenvalue weighted by Gasteiger charge is -2.33. The highest BCUT2D eigenvalue weighted by atomic mass is 35.5. The molecule has 47 heavy (non-hydrogen) atoms. The fourth-order valence-electron chi connectivity index (χ4n) is 5.38. The normalized spacial score (nSPS) is 16.1. The predicted octanol–water partition coefficient (Wildman–Crippen LogP) is 4.90. The van der Waals surface area contributed by atoms with E-state index in [9.17, 15) is 19.2 Å². The summed E-state index contributed by atoms with van der Waals surface area (Å²) in [6.07, 6.45) is -0.891. The third-order valence-corrected chi connectivity index (χ3v) is 7.80. The number of methoxy groups -OCH3 is 3. The molecule has 13 heteroatoms. The van der Waals surface area contributed by atoms with Crippen LogP contribution in [0.25, 0.3) is 0 Å². The lowest BCUT2D eigenvalue weighted by molar-refractivity contribution is -0.144. The zero-order valence-corrected chi connectivity index (χ0v) is 28.0. The van der Waals surface area contributed by atoms with E-state index in [0.29, 0.717) is 39.1 Å². The Labute approximate surface area is 278 Å². The van der Waals surface area contributed by atoms with Crippen molar-refractivity contribution >= 4 is 41.0 Å². The average molecular weight is 671 g/mol. The molecule has 0 saturated carbocycles. The molecule has 0 aliphatic carbocycles. The Morgan fingerprint density at radius 3 is 2.49 bits per heavy atom. The van der Waals surface area contributed by atoms with E-state index < -0.39 is 41.4 Å². The van der Waals surface area contributed by atoms with Gasteiger partial charge in [-0.3, -0.25) is 14.4 Å². The Morgan fingerprint density at radius 2 is 1.81 bits per heavy atom. The van der Waals surface area contributed by atoms with Gasteiger partial charge in [0.2, 0.25) is 5.91 Å². The molecule has 0 unspecified atom stereocenters. The van der Waals surface area contributed by atoms with Crippen LogP contribution < -0.4 is 19.7 Å². The van der Waals surface area contributed by atoms with Gasteiger partial charge in [0.1, 0.15) is 23.5 Å². The van der Waals surface area contributed by atoms with Crippen LogP contribution >= 0.6 is 11.6 Å². The Bertz CT molecular complexity index is 1620. The van der Waals surface area contributed by atoms with Crippen LogP contribution in [0.1, 0.15) is 60.5 Å². The molecule has 4 rings (SSSR count). The van der Waals surface area contributed by atoms with E-state index in [1.165, 1.54) is 40.6 Å². The SMILES string of the molecule is COC(=O)c1ccoc1CCNC(=O)C[C@H]1O[C@H](c2cccc(OC)c2OC)c2cc(Cl)ccc2N(CC(C)(C)COC(C)=O)C1=O. The highest BCUT2D eigenvalue weighted by Crippen LogP contribution is 2.45. The Hall–Kier alpha value is -4.55. The number of amides is 2. The first kappa shape index (κ1) is 35.3. The van der Waals surface area contributed by atoms with E-state index in [0.717, 1.165) is 0 Å². The summed E-state index contributed by atoms with van der Waals surface area (Å²) in [6.45, 7) is 5.36. The number of hydrogen-bond donors (Lipinski definition) is 1. The van der Waals surface area contributed by atoms with Crippen molar-refractivity contribution in [2.24, 2.45) is 5.41 Å². The van der Waals surface area contributed by atoms with Crippen LogP contribution in [0.4, 0.5) is 5.69 Å². The van der Waals surface area contributed by atoms with E-state index in [4.69, 9.17) is 39.7 Å². The number of hydrogen-bond acceptors (Lipinski definition) is 10. The molecule has 12 nitrogen and oxygen atoms in total. The number of anilines is 1. The molecule has 0 radical (unpaired) electrons. The van der Waals surface area contributed by atoms with E-state index in [1.807, 2.05) is 13.8 Å². The molecular formula is C34H39ClN2O10. The molecule has 0 saturated heterocycles. The molecule has 1 N–H and O–H groups in total. The van der Waals surface area contributed by atoms with Gasteiger partial charge in [-0.05, 0) is 30.3 Å². The van der Waals surface area contributed by atoms with Crippen LogP contribution in [0.15, 0.2) is 53.1 Å². The molecule has 2 heterocycles. The summed E-state index contributed by atoms with van der Waals surface area (Å²) in [5.74, 6) is -0.720. The fraction of sp³-hybridized carbons (Fsp3) is 0.412. The Morgan fingerprint density at radius 1 is 1.04 bits per heavy atom. The van der Waals surface area contributed by atoms with Crippen LogP contribution in [0, 0.1) is 5.41 Å². The van der Waals surface area contributed by atoms with Crippen molar-refractivity contribution in [1.82, 2.24) is 5.32 Å². The summed E-state index contributed by atoms with van der Waals surface area (Å²) in [7, 11) is 4.29. The van der Waals surface area contributed by atoms with Gasteiger partial charge >= 0.3 is 11.9 Å². The standard InChI is InChI=1S/C34H39ClN2O10/c1-20(38)46-19-34(2,3)18-37-25-11-10-21(35)16-24(25)30(23-8-7-9-27(42-4)31(23)43-5)47-28(32(37)40)17-29(39)36-14-12-26-22(13-15-45-26)33(41)44-6/h7-11,13,15-16,28,30H,12,14,17-19H2,1-6H3,(H,36,39)/t28-,30-/m1/s1. The number of para-hydroxylation sites is 1. The quantitative estimate of drug-likeness (QED) is 0.250. The smallest absolute Gasteiger partial charge is 0.341 e. The number of furan rings is 1. The third kappa shape index (κ3) is 8.44. The summed E-state index contributed by atoms with van der Waals surface area (Å²) in [4.78, 5) is 52.9. The Kier molecular flexibility index (Phi) is 11.5. The first-order chi connectivity index (χ1) is 22.4. The van der Waals surface area contributed by atoms with E-state index >= 15 is 0 Å². The molecular weight excluding hydrogens is 632 g/mol. The molecule has 2 amide bonds. The van der Waals surface area contributed by atoms with Gasteiger partial charge in [-0.1, -0.05) is 37.6 Å². The van der Waals surface area contributed by atoms with Gasteiger partial charge in [-0.15, -0.1) is 0 Å². The first-order valence-corrected chi connectivity index (χ1v) is 15.3. The number of carbonyl (C=O) groups excluding carboxylic acids is 4. The molecule has 0 fully saturated rings. The van der Waals surface area contributed by atoms with Crippen LogP contribution in [0.3, 0.4) is 0 Å². The van der Waals surface area contributed by atoms with Crippen molar-refractivity contribution in [3.8, 4) is 11.5 Å². The van der Waals surface area contributed by atoms with Gasteiger partial charge in [0.05, 0.1) is 40.6 Å². The van der Waals surface area contributed by atoms with Crippen molar-refractivity contribution in [3.05, 3.63) is 76.2 Å². The fourth-order valence-corrected chi connectivity index (χ4v) is 5.56. The first-order valence-electron chi connectivity index (χ1n) is 14.9. The third-order valence-electron chi connectivity index (χ3n) is 7.57. The molecule has 252 valence electrons. The Balaban J connectivity index is 1.70. The number of carbonyl (C=O) groups is 4. The molecule has 1 aliphatic heterocycles. The maximum Gasteiger partial charge on any atom is 0.341 e. The van der Waals surface area contributed by atoms with Crippen molar-refractivity contribution in [2.45, 2.75) is 45.8 Å². The monoisotopic (exact) mass is 670 g/mol. The van der Waals surface area contributed by atoms with Crippen molar-refractivity contribution in [2.75, 3.05) is 45.9 Å². The van der Waals surface area contributed by atoms with E-state index in [1.54, 1.807) is 41.3 Å². The number of nitrogens with one attached hydrogen (secondary N) is 1. The van der Waals surface area contributed by atoms with Gasteiger partial charge in [0.15, 0.2) is 11.5 Å². The number of halogens is 1. The van der Waals surface area contributed by atoms with Gasteiger partial charge in [0, 0.05) is 53.7 Å². The molecule has 2 atom stereocenters. The van der Waals surface area contributed by atoms with Crippen LogP contribution in [0.5, 0.6) is 11.5 Å². The summed E-state index contributed by atoms with van der Waals surface area (Å²) in [5, 5.41) is 3.20. The number of benzene rings is 2. The highest BCUT2D eigenvalue weighted by Gasteiger charge is 2.41. The number of nitrogens with zero attached hydrogens (tertiary/aromatic N) is 1. The van der Waals surface area contributed by atoms with Gasteiger partial charge in [0.25, 0.3) is 5.91 Å². The van der Waals surface area contributed by atoms with Crippen LogP contribution in [-0.2, 0) is 35.0 Å². The van der Waals surface area contributed by atoms with Crippen molar-refractivity contribution < 1.29 is 47.3 Å². The number of rotatable bonds is 13. The largest absolute Gasteiger partial charge is 0.493 e. The number of ether oxygens (including phenoxy) is 5. The van der Waals surface area contributed by atoms with Crippen LogP contribution in [-0.4, -0.2) is 70.9 Å². The summed E-state index contributed by atoms with van der Waals surface area (Å²) >= 11 is 6.50. The van der Waals surface area contributed by atoms with E-state index in [-0.39, 0.29) is 38.1 Å². The molecule has 2 aromatic carbocycles. The minimum absolute atomic E-state index is 0.0501. The van der Waals surface area contributed by atoms with Gasteiger partial charge < -0.3 is 38.3 Å². The molecule has 1 aromatic heterocycles. The van der Waals surface area contributed by atoms with Crippen molar-refractivity contribution in [3.63, 3.8) is 0 Å². The molecule has 0 spiro atoms. The average Bonchev–Trinajstić information content (AvgIpc) is 3.48. The summed E-state index contributed by atoms with van der Waals surface area (Å²) in [5.41, 5.74) is 1.22. The second-order valence-corrected chi connectivity index (χ2v) is 12.1. The molecule has 3 aromatic rings. The molecule has 0 bridgehead atoms. The summed E-state index contributed by atoms with van der Waals surface area (Å²) < 4.78 is 33.3. The predicted molar refractivity (Wildman–Crippen MR) is 172 cm³/mol. The second kappa shape index (κ2) is 15.4. The lowest BCUT2D eigenvalue weighted by Crippen LogP contribution is -2.47. The zero-order valence-electron chi connectivity index (χ0n) is 27.2. The second-order valence-electron chi connectivity index (χ2n) is 11.7. The maximum atomic E-state index is 14.4. The zero-order chi connectivity index (χ0) is 34.3. The number of esters is 2. The van der Waals surface area contributed by atoms with Crippen LogP contribution in [0.2, 0.25) is 5.02 Å². The minimum atomic E-state index is -1.25. The summed E-state index contributed by atoms with van der Waals surface area (Å²) in [6, 6.07) is 11.9. The lowest BCUT2D eigenvalue weighted by atomic mass is 9.92. The topological polar surface area (TPSA) is 143 Å². The highest BCUT2D eigenvalue weighted by molar-refractivity contribution is 6.30. The van der Waals surface area contributed by atoms with Gasteiger partial charge in [-0.2, -0.15) is 0 Å². The van der Waals surface area contributed by atoms with Gasteiger partial charge in [-0.25, -0.2) is 4.79 Å². The number of fused-ring (bicyclic) bond motifs is 1. The van der Waals surface area contributed by atoms with Crippen molar-refractivity contribution in [1.29, 1.82) is 0 Å². The minimum Gasteiger partial charge on any atom is -0.493 e.